The molecule has 0 aliphatic heterocycles. The lowest BCUT2D eigenvalue weighted by Crippen LogP contribution is -2.19. The van der Waals surface area contributed by atoms with E-state index in [0.717, 1.165) is 12.1 Å². The molecule has 2 N–H and O–H groups in total. The summed E-state index contributed by atoms with van der Waals surface area (Å²) >= 11 is 0. The van der Waals surface area contributed by atoms with Gasteiger partial charge in [0.1, 0.15) is 0 Å². The lowest BCUT2D eigenvalue weighted by molar-refractivity contribution is -0.136. The molecular weight excluding hydrogens is 233 g/mol. The number of aliphatic hydroxyl groups excluding tert-OH is 1. The fourth-order valence-electron chi connectivity index (χ4n) is 1.28. The minimum Gasteiger partial charge on any atom is -0.394 e. The Labute approximate surface area is 96.7 Å². The van der Waals surface area contributed by atoms with Gasteiger partial charge in [-0.3, -0.25) is 0 Å². The number of nitrogens with one attached hydrogen (secondary N) is 1. The highest BCUT2D eigenvalue weighted by atomic mass is 19.4. The van der Waals surface area contributed by atoms with Gasteiger partial charge < -0.3 is 10.4 Å². The van der Waals surface area contributed by atoms with Gasteiger partial charge in [-0.1, -0.05) is 6.07 Å². The molecule has 0 spiro atoms. The molecule has 6 heteroatoms. The van der Waals surface area contributed by atoms with E-state index in [-0.39, 0.29) is 18.3 Å². The third-order valence-electron chi connectivity index (χ3n) is 2.11. The van der Waals surface area contributed by atoms with Crippen molar-refractivity contribution in [1.82, 2.24) is 0 Å². The van der Waals surface area contributed by atoms with Crippen LogP contribution in [0.5, 0.6) is 0 Å². The average molecular weight is 244 g/mol. The van der Waals surface area contributed by atoms with Crippen LogP contribution in [0.1, 0.15) is 12.5 Å². The second-order valence-electron chi connectivity index (χ2n) is 3.57. The van der Waals surface area contributed by atoms with Crippen LogP contribution in [0.4, 0.5) is 24.5 Å². The highest BCUT2D eigenvalue weighted by Crippen LogP contribution is 2.38. The number of anilines is 1. The van der Waals surface area contributed by atoms with Gasteiger partial charge in [-0.15, -0.1) is 0 Å². The van der Waals surface area contributed by atoms with Gasteiger partial charge in [-0.05, 0) is 19.1 Å². The van der Waals surface area contributed by atoms with Crippen LogP contribution in [0.25, 0.3) is 4.85 Å². The Morgan fingerprint density at radius 3 is 2.59 bits per heavy atom. The number of benzene rings is 1. The van der Waals surface area contributed by atoms with Gasteiger partial charge in [0.05, 0.1) is 18.7 Å². The molecule has 3 nitrogen and oxygen atoms in total. The number of hydrogen-bond acceptors (Lipinski definition) is 2. The third kappa shape index (κ3) is 3.36. The number of nitrogens with zero attached hydrogens (tertiary/aromatic N) is 1. The topological polar surface area (TPSA) is 36.6 Å². The summed E-state index contributed by atoms with van der Waals surface area (Å²) in [6, 6.07) is 3.02. The first kappa shape index (κ1) is 13.3. The molecule has 0 aliphatic rings. The van der Waals surface area contributed by atoms with Crippen molar-refractivity contribution in [3.63, 3.8) is 0 Å². The van der Waals surface area contributed by atoms with E-state index in [1.165, 1.54) is 6.07 Å². The smallest absolute Gasteiger partial charge is 0.394 e. The van der Waals surface area contributed by atoms with Crippen LogP contribution in [-0.4, -0.2) is 17.8 Å². The van der Waals surface area contributed by atoms with E-state index in [4.69, 9.17) is 11.7 Å². The molecule has 1 aromatic rings. The molecular formula is C11H11F3N2O. The van der Waals surface area contributed by atoms with Crippen molar-refractivity contribution < 1.29 is 18.3 Å². The van der Waals surface area contributed by atoms with Crippen molar-refractivity contribution in [3.8, 4) is 0 Å². The van der Waals surface area contributed by atoms with Crippen molar-refractivity contribution in [1.29, 1.82) is 0 Å². The highest BCUT2D eigenvalue weighted by molar-refractivity contribution is 5.61. The van der Waals surface area contributed by atoms with E-state index in [2.05, 4.69) is 10.2 Å². The maximum atomic E-state index is 12.6. The van der Waals surface area contributed by atoms with E-state index in [1.54, 1.807) is 6.92 Å². The number of rotatable bonds is 3. The van der Waals surface area contributed by atoms with Gasteiger partial charge in [-0.25, -0.2) is 4.85 Å². The van der Waals surface area contributed by atoms with Crippen LogP contribution < -0.4 is 5.32 Å². The van der Waals surface area contributed by atoms with Gasteiger partial charge in [0.2, 0.25) is 0 Å². The van der Waals surface area contributed by atoms with Crippen LogP contribution in [0, 0.1) is 6.57 Å². The molecule has 0 aliphatic carbocycles. The molecule has 0 unspecified atom stereocenters. The summed E-state index contributed by atoms with van der Waals surface area (Å²) in [5.74, 6) is 0. The van der Waals surface area contributed by atoms with Crippen LogP contribution in [0.2, 0.25) is 0 Å². The van der Waals surface area contributed by atoms with Crippen LogP contribution in [-0.2, 0) is 6.18 Å². The molecule has 0 amide bonds. The van der Waals surface area contributed by atoms with Crippen molar-refractivity contribution in [2.75, 3.05) is 11.9 Å². The minimum absolute atomic E-state index is 0.189. The fraction of sp³-hybridized carbons (Fsp3) is 0.364. The van der Waals surface area contributed by atoms with Gasteiger partial charge in [0.25, 0.3) is 0 Å². The van der Waals surface area contributed by atoms with E-state index in [0.29, 0.717) is 0 Å². The Morgan fingerprint density at radius 1 is 1.47 bits per heavy atom. The molecule has 0 aromatic heterocycles. The van der Waals surface area contributed by atoms with E-state index >= 15 is 0 Å². The predicted octanol–water partition coefficient (Wildman–Crippen LogP) is 3.05. The SMILES string of the molecule is [C-]#[N+]c1ccc(N[C@H](C)CO)cc1C(F)(F)F. The summed E-state index contributed by atoms with van der Waals surface area (Å²) in [6.45, 7) is 8.12. The molecule has 1 rings (SSSR count). The van der Waals surface area contributed by atoms with Crippen molar-refractivity contribution in [2.24, 2.45) is 0 Å². The Hall–Kier alpha value is -1.74. The fourth-order valence-corrected chi connectivity index (χ4v) is 1.28. The summed E-state index contributed by atoms with van der Waals surface area (Å²) in [4.78, 5) is 2.83. The molecule has 0 saturated heterocycles. The molecule has 0 bridgehead atoms. The monoisotopic (exact) mass is 244 g/mol. The zero-order chi connectivity index (χ0) is 13.1. The second-order valence-corrected chi connectivity index (χ2v) is 3.57. The Balaban J connectivity index is 3.11. The van der Waals surface area contributed by atoms with Crippen LogP contribution >= 0.6 is 0 Å². The summed E-state index contributed by atoms with van der Waals surface area (Å²) in [6.07, 6.45) is -4.56. The lowest BCUT2D eigenvalue weighted by Gasteiger charge is -2.15. The standard InChI is InChI=1S/C11H11F3N2O/c1-7(6-17)16-8-3-4-10(15-2)9(5-8)11(12,13)14/h3-5,7,16-17H,6H2,1H3/t7-/m1/s1. The molecule has 0 radical (unpaired) electrons. The van der Waals surface area contributed by atoms with Crippen molar-refractivity contribution in [2.45, 2.75) is 19.1 Å². The molecule has 17 heavy (non-hydrogen) atoms. The summed E-state index contributed by atoms with van der Waals surface area (Å²) in [5.41, 5.74) is -1.17. The number of halogens is 3. The third-order valence-corrected chi connectivity index (χ3v) is 2.11. The van der Waals surface area contributed by atoms with E-state index in [9.17, 15) is 13.2 Å². The lowest BCUT2D eigenvalue weighted by atomic mass is 10.1. The van der Waals surface area contributed by atoms with Gasteiger partial charge >= 0.3 is 6.18 Å². The Kier molecular flexibility index (Phi) is 3.97. The number of hydrogen-bond donors (Lipinski definition) is 2. The molecule has 0 heterocycles. The molecule has 0 saturated carbocycles. The average Bonchev–Trinajstić information content (AvgIpc) is 2.27. The summed E-state index contributed by atoms with van der Waals surface area (Å²) in [7, 11) is 0. The molecule has 92 valence electrons. The second kappa shape index (κ2) is 5.06. The van der Waals surface area contributed by atoms with Crippen molar-refractivity contribution >= 4 is 11.4 Å². The highest BCUT2D eigenvalue weighted by Gasteiger charge is 2.33. The summed E-state index contributed by atoms with van der Waals surface area (Å²) < 4.78 is 37.8. The van der Waals surface area contributed by atoms with Crippen LogP contribution in [0.3, 0.4) is 0 Å². The Morgan fingerprint density at radius 2 is 2.12 bits per heavy atom. The maximum Gasteiger partial charge on any atom is 0.407 e. The number of alkyl halides is 3. The van der Waals surface area contributed by atoms with Gasteiger partial charge in [-0.2, -0.15) is 13.2 Å². The predicted molar refractivity (Wildman–Crippen MR) is 57.9 cm³/mol. The largest absolute Gasteiger partial charge is 0.407 e. The van der Waals surface area contributed by atoms with Crippen LogP contribution in [0.15, 0.2) is 18.2 Å². The molecule has 1 atom stereocenters. The first-order valence-corrected chi connectivity index (χ1v) is 4.84. The Bertz CT molecular complexity index is 437. The van der Waals surface area contributed by atoms with Gasteiger partial charge in [0, 0.05) is 11.7 Å². The first-order valence-electron chi connectivity index (χ1n) is 4.84. The van der Waals surface area contributed by atoms with E-state index in [1.807, 2.05) is 0 Å². The zero-order valence-electron chi connectivity index (χ0n) is 9.04. The minimum atomic E-state index is -4.56. The normalized spacial score (nSPS) is 12.9. The molecule has 0 fully saturated rings. The first-order chi connectivity index (χ1) is 7.88. The quantitative estimate of drug-likeness (QED) is 0.802. The van der Waals surface area contributed by atoms with Gasteiger partial charge in [0.15, 0.2) is 5.69 Å². The van der Waals surface area contributed by atoms with E-state index < -0.39 is 17.4 Å². The van der Waals surface area contributed by atoms with Crippen molar-refractivity contribution in [3.05, 3.63) is 35.2 Å². The maximum absolute atomic E-state index is 12.6. The number of aliphatic hydroxyl groups is 1. The summed E-state index contributed by atoms with van der Waals surface area (Å²) in [5, 5.41) is 11.5. The molecule has 1 aromatic carbocycles. The zero-order valence-corrected chi connectivity index (χ0v) is 9.04.